The summed E-state index contributed by atoms with van der Waals surface area (Å²) in [4.78, 5) is 129. The van der Waals surface area contributed by atoms with Gasteiger partial charge in [-0.15, -0.1) is 0 Å². The fourth-order valence-corrected chi connectivity index (χ4v) is 10.6. The second kappa shape index (κ2) is 29.9. The number of hydrogen-bond acceptors (Lipinski definition) is 12. The van der Waals surface area contributed by atoms with Crippen molar-refractivity contribution in [2.45, 2.75) is 129 Å². The third-order valence-electron chi connectivity index (χ3n) is 14.1. The van der Waals surface area contributed by atoms with Crippen LogP contribution in [0, 0.1) is 23.7 Å². The molecular formula is C53H82N8O12S. The number of methoxy groups -OCH3 is 2. The van der Waals surface area contributed by atoms with Gasteiger partial charge < -0.3 is 54.6 Å². The van der Waals surface area contributed by atoms with E-state index in [0.717, 1.165) is 17.7 Å². The predicted octanol–water partition coefficient (Wildman–Crippen LogP) is 3.21. The van der Waals surface area contributed by atoms with Crippen molar-refractivity contribution in [1.82, 2.24) is 40.0 Å². The summed E-state index contributed by atoms with van der Waals surface area (Å²) < 4.78 is 11.9. The number of carbonyl (C=O) groups excluding carboxylic acids is 8. The Bertz CT molecular complexity index is 2100. The molecule has 0 spiro atoms. The summed E-state index contributed by atoms with van der Waals surface area (Å²) in [6.07, 6.45) is 2.50. The maximum absolute atomic E-state index is 14.7. The lowest BCUT2D eigenvalue weighted by molar-refractivity contribution is -0.154. The van der Waals surface area contributed by atoms with Gasteiger partial charge in [0.1, 0.15) is 18.1 Å². The molecule has 2 aliphatic heterocycles. The van der Waals surface area contributed by atoms with Crippen molar-refractivity contribution in [2.24, 2.45) is 23.7 Å². The van der Waals surface area contributed by atoms with Gasteiger partial charge in [0.25, 0.3) is 0 Å². The molecule has 0 bridgehead atoms. The average Bonchev–Trinajstić information content (AvgIpc) is 3.87. The molecule has 0 aliphatic carbocycles. The lowest BCUT2D eigenvalue weighted by Crippen LogP contribution is -2.60. The third kappa shape index (κ3) is 16.9. The predicted molar refractivity (Wildman–Crippen MR) is 281 cm³/mol. The molecule has 3 N–H and O–H groups in total. The van der Waals surface area contributed by atoms with Gasteiger partial charge in [0.05, 0.1) is 62.4 Å². The van der Waals surface area contributed by atoms with Gasteiger partial charge in [-0.05, 0) is 48.3 Å². The molecule has 1 aromatic rings. The summed E-state index contributed by atoms with van der Waals surface area (Å²) in [5.74, 6) is -5.98. The monoisotopic (exact) mass is 1050 g/mol. The van der Waals surface area contributed by atoms with E-state index in [0.29, 0.717) is 25.8 Å². The zero-order chi connectivity index (χ0) is 55.6. The number of benzene rings is 1. The smallest absolute Gasteiger partial charge is 0.326 e. The van der Waals surface area contributed by atoms with E-state index >= 15 is 0 Å². The maximum atomic E-state index is 14.7. The largest absolute Gasteiger partial charge is 0.480 e. The average molecular weight is 1060 g/mol. The van der Waals surface area contributed by atoms with Gasteiger partial charge in [0.2, 0.25) is 47.3 Å². The zero-order valence-corrected chi connectivity index (χ0v) is 46.1. The van der Waals surface area contributed by atoms with E-state index in [9.17, 15) is 48.3 Å². The number of carboxylic acid groups (broad SMARTS) is 1. The summed E-state index contributed by atoms with van der Waals surface area (Å²) in [5, 5.41) is 15.6. The van der Waals surface area contributed by atoms with E-state index in [1.807, 2.05) is 33.8 Å². The summed E-state index contributed by atoms with van der Waals surface area (Å²) in [6.45, 7) is 20.1. The van der Waals surface area contributed by atoms with Crippen LogP contribution in [0.25, 0.3) is 0 Å². The highest BCUT2D eigenvalue weighted by molar-refractivity contribution is 7.99. The van der Waals surface area contributed by atoms with Crippen molar-refractivity contribution in [2.75, 3.05) is 66.4 Å². The van der Waals surface area contributed by atoms with Crippen LogP contribution in [0.2, 0.25) is 0 Å². The zero-order valence-electron chi connectivity index (χ0n) is 45.3. The van der Waals surface area contributed by atoms with Crippen molar-refractivity contribution in [3.05, 3.63) is 61.2 Å². The Morgan fingerprint density at radius 2 is 1.41 bits per heavy atom. The Balaban J connectivity index is 1.70. The minimum atomic E-state index is -1.17. The van der Waals surface area contributed by atoms with Gasteiger partial charge in [0.15, 0.2) is 0 Å². The highest BCUT2D eigenvalue weighted by atomic mass is 32.2. The van der Waals surface area contributed by atoms with Crippen LogP contribution < -0.4 is 10.6 Å². The summed E-state index contributed by atoms with van der Waals surface area (Å²) in [6, 6.07) is 4.73. The Morgan fingerprint density at radius 3 is 1.92 bits per heavy atom. The molecule has 2 fully saturated rings. The molecule has 2 heterocycles. The molecule has 0 saturated carbocycles. The van der Waals surface area contributed by atoms with Gasteiger partial charge in [-0.25, -0.2) is 4.79 Å². The number of nitrogens with one attached hydrogen (secondary N) is 2. The Hall–Kier alpha value is -5.80. The second-order valence-electron chi connectivity index (χ2n) is 19.9. The number of carbonyl (C=O) groups is 9. The molecule has 9 atom stereocenters. The molecule has 412 valence electrons. The molecule has 21 heteroatoms. The van der Waals surface area contributed by atoms with E-state index in [2.05, 4.69) is 23.8 Å². The maximum Gasteiger partial charge on any atom is 0.326 e. The van der Waals surface area contributed by atoms with Gasteiger partial charge in [0, 0.05) is 53.5 Å². The molecular weight excluding hydrogens is 973 g/mol. The highest BCUT2D eigenvalue weighted by Crippen LogP contribution is 2.30. The number of likely N-dealkylation sites (N-methyl/N-ethyl adjacent to an activating group) is 2. The molecule has 3 rings (SSSR count). The number of carboxylic acids is 1. The first-order valence-corrected chi connectivity index (χ1v) is 26.6. The van der Waals surface area contributed by atoms with Crippen LogP contribution in [0.3, 0.4) is 0 Å². The first kappa shape index (κ1) is 62.5. The summed E-state index contributed by atoms with van der Waals surface area (Å²) in [7, 11) is 6.11. The number of nitrogens with zero attached hydrogens (tertiary/aromatic N) is 6. The summed E-state index contributed by atoms with van der Waals surface area (Å²) >= 11 is 1.20. The molecule has 20 nitrogen and oxygen atoms in total. The van der Waals surface area contributed by atoms with Crippen molar-refractivity contribution in [3.63, 3.8) is 0 Å². The van der Waals surface area contributed by atoms with E-state index in [1.165, 1.54) is 52.6 Å². The van der Waals surface area contributed by atoms with Crippen LogP contribution in [-0.4, -0.2) is 197 Å². The molecule has 74 heavy (non-hydrogen) atoms. The van der Waals surface area contributed by atoms with Gasteiger partial charge in [-0.3, -0.25) is 38.4 Å². The van der Waals surface area contributed by atoms with Gasteiger partial charge in [-0.1, -0.05) is 98.4 Å². The van der Waals surface area contributed by atoms with Crippen molar-refractivity contribution in [3.8, 4) is 0 Å². The van der Waals surface area contributed by atoms with Gasteiger partial charge >= 0.3 is 5.97 Å². The normalized spacial score (nSPS) is 18.0. The number of hydrogen-bond donors (Lipinski definition) is 3. The SMILES string of the molecule is C=CC(=O)N1CN(C(=O)C=C)CN(C(=O)CCSCC(=O)N(C)[C@H](C(=O)N[C@H](C(=O)N(C)[C@@H]([C@@H](C)CC)[C@@H](CC(=O)N2CCC[C@H]2[C@H](OC)[C@@H](C)C(=O)N[C@@H](Cc2ccccc2)C(=O)O)OC)C(C)C)C(C)C)C1. The molecule has 1 aromatic carbocycles. The minimum Gasteiger partial charge on any atom is -0.480 e. The topological polar surface area (TPSA) is 236 Å². The molecule has 2 saturated heterocycles. The number of amides is 8. The lowest BCUT2D eigenvalue weighted by Gasteiger charge is -2.41. The molecule has 0 aromatic heterocycles. The Labute approximate surface area is 441 Å². The highest BCUT2D eigenvalue weighted by Gasteiger charge is 2.44. The Kier molecular flexibility index (Phi) is 25.3. The van der Waals surface area contributed by atoms with Crippen LogP contribution in [0.5, 0.6) is 0 Å². The molecule has 2 aliphatic rings. The summed E-state index contributed by atoms with van der Waals surface area (Å²) in [5.41, 5.74) is 0.753. The number of ether oxygens (including phenoxy) is 2. The van der Waals surface area contributed by atoms with E-state index in [1.54, 1.807) is 61.9 Å². The van der Waals surface area contributed by atoms with Crippen LogP contribution in [0.4, 0.5) is 0 Å². The first-order valence-electron chi connectivity index (χ1n) is 25.4. The Morgan fingerprint density at radius 1 is 0.811 bits per heavy atom. The van der Waals surface area contributed by atoms with E-state index < -0.39 is 83.8 Å². The van der Waals surface area contributed by atoms with Crippen molar-refractivity contribution in [1.29, 1.82) is 0 Å². The fraction of sp³-hybridized carbons (Fsp3) is 0.642. The quantitative estimate of drug-likeness (QED) is 0.0809. The number of rotatable bonds is 28. The standard InChI is InChI=1S/C53H82N8O12S/c1-14-35(8)48(40(72-12)28-44(65)61-25-20-23-39(61)49(73-13)36(9)50(67)54-38(53(70)71)27-37-21-18-17-19-22-37)57(11)52(69)46(33(4)5)55-51(68)47(34(6)7)56(10)45(66)29-74-26-24-43(64)60-31-58(41(62)15-2)30-59(32-60)42(63)16-3/h15-19,21-22,33-36,38-40,46-49H,2-3,14,20,23-32H2,1,4-13H3,(H,54,67)(H,55,68)(H,70,71)/t35-,36+,38-,39-,40+,46-,47-,48-,49+/m0/s1. The van der Waals surface area contributed by atoms with Crippen LogP contribution >= 0.6 is 11.8 Å². The minimum absolute atomic E-state index is 0.0164. The van der Waals surface area contributed by atoms with E-state index in [-0.39, 0.29) is 86.2 Å². The third-order valence-corrected chi connectivity index (χ3v) is 15.1. The second-order valence-corrected chi connectivity index (χ2v) is 21.0. The van der Waals surface area contributed by atoms with E-state index in [4.69, 9.17) is 9.47 Å². The lowest BCUT2D eigenvalue weighted by atomic mass is 9.89. The van der Waals surface area contributed by atoms with Crippen LogP contribution in [0.15, 0.2) is 55.6 Å². The first-order chi connectivity index (χ1) is 35.0. The fourth-order valence-electron chi connectivity index (χ4n) is 9.74. The molecule has 0 radical (unpaired) electrons. The molecule has 8 amide bonds. The molecule has 0 unspecified atom stereocenters. The number of aliphatic carboxylic acids is 1. The number of likely N-dealkylation sites (tertiary alicyclic amines) is 1. The number of thioether (sulfide) groups is 1. The van der Waals surface area contributed by atoms with Crippen molar-refractivity contribution >= 4 is 65.0 Å². The van der Waals surface area contributed by atoms with Crippen LogP contribution in [0.1, 0.15) is 86.1 Å². The van der Waals surface area contributed by atoms with Gasteiger partial charge in [-0.2, -0.15) is 11.8 Å². The van der Waals surface area contributed by atoms with Crippen LogP contribution in [-0.2, 0) is 59.0 Å². The van der Waals surface area contributed by atoms with Crippen molar-refractivity contribution < 1.29 is 57.7 Å².